The Hall–Kier alpha value is -4.12. The molecule has 0 atom stereocenters. The second-order valence-corrected chi connectivity index (χ2v) is 8.04. The van der Waals surface area contributed by atoms with Gasteiger partial charge in [-0.05, 0) is 53.9 Å². The van der Waals surface area contributed by atoms with Crippen LogP contribution in [0, 0.1) is 17.1 Å². The molecular formula is C26H17F4N3O. The largest absolute Gasteiger partial charge is 0.488 e. The third-order valence-corrected chi connectivity index (χ3v) is 5.83. The molecule has 0 amide bonds. The van der Waals surface area contributed by atoms with Crippen molar-refractivity contribution >= 4 is 16.6 Å². The Bertz CT molecular complexity index is 1510. The zero-order valence-corrected chi connectivity index (χ0v) is 17.9. The molecule has 0 unspecified atom stereocenters. The number of nitrogens with zero attached hydrogens (tertiary/aromatic N) is 3. The zero-order chi connectivity index (χ0) is 24.0. The fraction of sp³-hybridized carbons (Fsp3) is 0.154. The molecule has 2 heterocycles. The van der Waals surface area contributed by atoms with E-state index in [4.69, 9.17) is 4.74 Å². The molecule has 0 fully saturated rings. The molecule has 0 saturated carbocycles. The third-order valence-electron chi connectivity index (χ3n) is 5.83. The second-order valence-electron chi connectivity index (χ2n) is 8.04. The molecule has 4 nitrogen and oxygen atoms in total. The first-order chi connectivity index (χ1) is 16.3. The lowest BCUT2D eigenvalue weighted by Gasteiger charge is -2.15. The van der Waals surface area contributed by atoms with Crippen LogP contribution in [0.4, 0.5) is 17.6 Å². The molecule has 0 bridgehead atoms. The number of nitriles is 1. The quantitative estimate of drug-likeness (QED) is 0.253. The molecule has 4 aromatic rings. The monoisotopic (exact) mass is 463 g/mol. The van der Waals surface area contributed by atoms with Crippen LogP contribution in [-0.4, -0.2) is 9.55 Å². The summed E-state index contributed by atoms with van der Waals surface area (Å²) >= 11 is 0. The minimum atomic E-state index is -4.61. The van der Waals surface area contributed by atoms with Crippen molar-refractivity contribution in [2.45, 2.75) is 26.3 Å². The van der Waals surface area contributed by atoms with E-state index in [0.717, 1.165) is 10.1 Å². The van der Waals surface area contributed by atoms with Crippen molar-refractivity contribution in [1.29, 1.82) is 5.26 Å². The standard InChI is InChI=1S/C26H17F4N3O/c1-15(12-31)24-19-8-6-16(10-17(19)14-34-23-11-18(27)7-9-20(23)24)13-33-22-5-3-2-4-21(22)32-25(33)26(28,29)30/h2-11H,13-14H2,1H3/b24-15-. The van der Waals surface area contributed by atoms with E-state index in [1.165, 1.54) is 12.1 Å². The summed E-state index contributed by atoms with van der Waals surface area (Å²) < 4.78 is 62.0. The van der Waals surface area contributed by atoms with Crippen LogP contribution in [0.3, 0.4) is 0 Å². The van der Waals surface area contributed by atoms with Gasteiger partial charge in [0.25, 0.3) is 0 Å². The van der Waals surface area contributed by atoms with Crippen LogP contribution in [0.5, 0.6) is 5.75 Å². The maximum Gasteiger partial charge on any atom is 0.449 e. The number of aromatic nitrogens is 2. The topological polar surface area (TPSA) is 50.8 Å². The fourth-order valence-corrected chi connectivity index (χ4v) is 4.33. The van der Waals surface area contributed by atoms with Gasteiger partial charge in [-0.25, -0.2) is 9.37 Å². The predicted molar refractivity (Wildman–Crippen MR) is 118 cm³/mol. The van der Waals surface area contributed by atoms with Gasteiger partial charge in [-0.1, -0.05) is 24.3 Å². The van der Waals surface area contributed by atoms with E-state index in [2.05, 4.69) is 11.1 Å². The summed E-state index contributed by atoms with van der Waals surface area (Å²) in [5, 5.41) is 9.58. The van der Waals surface area contributed by atoms with E-state index >= 15 is 0 Å². The molecule has 3 aromatic carbocycles. The number of imidazole rings is 1. The number of fused-ring (bicyclic) bond motifs is 3. The third kappa shape index (κ3) is 3.69. The first kappa shape index (κ1) is 21.7. The molecule has 1 aliphatic rings. The van der Waals surface area contributed by atoms with Gasteiger partial charge < -0.3 is 9.30 Å². The van der Waals surface area contributed by atoms with E-state index in [-0.39, 0.29) is 18.7 Å². The number of hydrogen-bond acceptors (Lipinski definition) is 3. The lowest BCUT2D eigenvalue weighted by molar-refractivity contribution is -0.146. The molecule has 1 aliphatic heterocycles. The molecule has 0 spiro atoms. The maximum absolute atomic E-state index is 13.8. The lowest BCUT2D eigenvalue weighted by Crippen LogP contribution is -2.15. The van der Waals surface area contributed by atoms with Gasteiger partial charge >= 0.3 is 6.18 Å². The van der Waals surface area contributed by atoms with Crippen molar-refractivity contribution in [2.75, 3.05) is 0 Å². The van der Waals surface area contributed by atoms with Gasteiger partial charge in [0.15, 0.2) is 0 Å². The van der Waals surface area contributed by atoms with E-state index < -0.39 is 17.8 Å². The van der Waals surface area contributed by atoms with Gasteiger partial charge in [-0.15, -0.1) is 0 Å². The Kier molecular flexibility index (Phi) is 5.13. The molecule has 0 aliphatic carbocycles. The summed E-state index contributed by atoms with van der Waals surface area (Å²) in [6.07, 6.45) is -4.61. The van der Waals surface area contributed by atoms with Gasteiger partial charge in [-0.3, -0.25) is 0 Å². The Morgan fingerprint density at radius 1 is 1.09 bits per heavy atom. The van der Waals surface area contributed by atoms with Crippen LogP contribution < -0.4 is 4.74 Å². The van der Waals surface area contributed by atoms with Gasteiger partial charge in [0, 0.05) is 29.3 Å². The van der Waals surface area contributed by atoms with Crippen LogP contribution in [0.15, 0.2) is 66.2 Å². The second kappa shape index (κ2) is 8.03. The molecule has 34 heavy (non-hydrogen) atoms. The Balaban J connectivity index is 1.62. The van der Waals surface area contributed by atoms with E-state index in [0.29, 0.717) is 39.1 Å². The average Bonchev–Trinajstić information content (AvgIpc) is 3.10. The van der Waals surface area contributed by atoms with Gasteiger partial charge in [0.2, 0.25) is 5.82 Å². The molecular weight excluding hydrogens is 446 g/mol. The number of para-hydroxylation sites is 2. The fourth-order valence-electron chi connectivity index (χ4n) is 4.33. The van der Waals surface area contributed by atoms with Crippen LogP contribution in [0.2, 0.25) is 0 Å². The van der Waals surface area contributed by atoms with Crippen molar-refractivity contribution < 1.29 is 22.3 Å². The van der Waals surface area contributed by atoms with Gasteiger partial charge in [0.1, 0.15) is 18.2 Å². The van der Waals surface area contributed by atoms with Gasteiger partial charge in [-0.2, -0.15) is 18.4 Å². The zero-order valence-electron chi connectivity index (χ0n) is 17.9. The van der Waals surface area contributed by atoms with Crippen LogP contribution in [0.1, 0.15) is 35.0 Å². The molecule has 5 rings (SSSR count). The summed E-state index contributed by atoms with van der Waals surface area (Å²) in [4.78, 5) is 3.80. The summed E-state index contributed by atoms with van der Waals surface area (Å²) in [5.74, 6) is -1.13. The molecule has 0 radical (unpaired) electrons. The van der Waals surface area contributed by atoms with Crippen LogP contribution in [-0.2, 0) is 19.3 Å². The summed E-state index contributed by atoms with van der Waals surface area (Å²) in [6, 6.07) is 18.0. The normalized spacial score (nSPS) is 14.6. The first-order valence-electron chi connectivity index (χ1n) is 10.4. The van der Waals surface area contributed by atoms with Crippen LogP contribution >= 0.6 is 0 Å². The smallest absolute Gasteiger partial charge is 0.449 e. The Morgan fingerprint density at radius 3 is 2.62 bits per heavy atom. The highest BCUT2D eigenvalue weighted by molar-refractivity contribution is 5.88. The molecule has 170 valence electrons. The van der Waals surface area contributed by atoms with Crippen molar-refractivity contribution in [1.82, 2.24) is 9.55 Å². The minimum absolute atomic E-state index is 0.0551. The van der Waals surface area contributed by atoms with E-state index in [1.807, 2.05) is 0 Å². The molecule has 0 saturated heterocycles. The molecule has 1 aromatic heterocycles. The number of alkyl halides is 3. The van der Waals surface area contributed by atoms with Gasteiger partial charge in [0.05, 0.1) is 17.1 Å². The van der Waals surface area contributed by atoms with Crippen molar-refractivity contribution in [3.8, 4) is 11.8 Å². The molecule has 0 N–H and O–H groups in total. The highest BCUT2D eigenvalue weighted by Gasteiger charge is 2.37. The number of allylic oxidation sites excluding steroid dienone is 1. The average molecular weight is 463 g/mol. The van der Waals surface area contributed by atoms with Crippen molar-refractivity contribution in [3.05, 3.63) is 100 Å². The number of rotatable bonds is 2. The summed E-state index contributed by atoms with van der Waals surface area (Å²) in [5.41, 5.74) is 4.29. The first-order valence-corrected chi connectivity index (χ1v) is 10.4. The highest BCUT2D eigenvalue weighted by Crippen LogP contribution is 2.39. The Labute approximate surface area is 192 Å². The minimum Gasteiger partial charge on any atom is -0.488 e. The predicted octanol–water partition coefficient (Wildman–Crippen LogP) is 6.48. The number of hydrogen-bond donors (Lipinski definition) is 0. The van der Waals surface area contributed by atoms with E-state index in [9.17, 15) is 22.8 Å². The molecule has 8 heteroatoms. The number of ether oxygens (including phenoxy) is 1. The lowest BCUT2D eigenvalue weighted by atomic mass is 9.90. The van der Waals surface area contributed by atoms with Crippen molar-refractivity contribution in [3.63, 3.8) is 0 Å². The Morgan fingerprint density at radius 2 is 1.85 bits per heavy atom. The highest BCUT2D eigenvalue weighted by atomic mass is 19.4. The SMILES string of the molecule is C/C(C#N)=C1\c2ccc(Cn3c(C(F)(F)F)nc4ccccc43)cc2COc2cc(F)ccc21. The number of halogens is 4. The number of benzene rings is 3. The maximum atomic E-state index is 13.8. The van der Waals surface area contributed by atoms with Crippen molar-refractivity contribution in [2.24, 2.45) is 0 Å². The summed E-state index contributed by atoms with van der Waals surface area (Å²) in [7, 11) is 0. The van der Waals surface area contributed by atoms with Crippen LogP contribution in [0.25, 0.3) is 16.6 Å². The van der Waals surface area contributed by atoms with E-state index in [1.54, 1.807) is 55.5 Å². The summed E-state index contributed by atoms with van der Waals surface area (Å²) in [6.45, 7) is 1.69.